The van der Waals surface area contributed by atoms with Crippen molar-refractivity contribution in [2.45, 2.75) is 25.8 Å². The Kier molecular flexibility index (Phi) is 6.49. The smallest absolute Gasteiger partial charge is 0.232 e. The second-order valence-corrected chi connectivity index (χ2v) is 7.81. The van der Waals surface area contributed by atoms with E-state index in [1.807, 2.05) is 6.92 Å². The molecule has 0 aliphatic carbocycles. The lowest BCUT2D eigenvalue weighted by Gasteiger charge is -2.22. The summed E-state index contributed by atoms with van der Waals surface area (Å²) in [5.74, 6) is 0.963. The minimum Gasteiger partial charge on any atom is -0.454 e. The van der Waals surface area contributed by atoms with E-state index in [0.717, 1.165) is 6.26 Å². The lowest BCUT2D eigenvalue weighted by molar-refractivity contribution is -0.122. The first-order valence-corrected chi connectivity index (χ1v) is 9.81. The van der Waals surface area contributed by atoms with Crippen molar-refractivity contribution in [3.05, 3.63) is 18.2 Å². The van der Waals surface area contributed by atoms with Crippen LogP contribution in [0.15, 0.2) is 18.2 Å². The minimum atomic E-state index is -3.48. The summed E-state index contributed by atoms with van der Waals surface area (Å²) >= 11 is 0. The first kappa shape index (κ1) is 19.3. The predicted molar refractivity (Wildman–Crippen MR) is 93.5 cm³/mol. The molecule has 1 amide bonds. The molecule has 0 spiro atoms. The Morgan fingerprint density at radius 2 is 2.08 bits per heavy atom. The van der Waals surface area contributed by atoms with Gasteiger partial charge in [-0.15, -0.1) is 0 Å². The Bertz CT molecular complexity index is 707. The molecule has 0 saturated heterocycles. The molecule has 9 heteroatoms. The number of methoxy groups -OCH3 is 1. The van der Waals surface area contributed by atoms with Crippen molar-refractivity contribution < 1.29 is 27.4 Å². The van der Waals surface area contributed by atoms with Gasteiger partial charge in [-0.1, -0.05) is 0 Å². The molecule has 0 unspecified atom stereocenters. The molecule has 1 aromatic carbocycles. The monoisotopic (exact) mass is 372 g/mol. The maximum atomic E-state index is 12.1. The highest BCUT2D eigenvalue weighted by Crippen LogP contribution is 2.36. The molecule has 0 fully saturated rings. The number of amides is 1. The number of carbonyl (C=O) groups is 1. The van der Waals surface area contributed by atoms with Crippen LogP contribution in [0.2, 0.25) is 0 Å². The van der Waals surface area contributed by atoms with Crippen molar-refractivity contribution in [3.8, 4) is 11.5 Å². The summed E-state index contributed by atoms with van der Waals surface area (Å²) < 4.78 is 41.0. The van der Waals surface area contributed by atoms with E-state index in [9.17, 15) is 13.2 Å². The highest BCUT2D eigenvalue weighted by molar-refractivity contribution is 7.92. The van der Waals surface area contributed by atoms with Crippen molar-refractivity contribution in [2.75, 3.05) is 37.6 Å². The van der Waals surface area contributed by atoms with Gasteiger partial charge in [0.05, 0.1) is 18.6 Å². The molecule has 0 saturated carbocycles. The zero-order chi connectivity index (χ0) is 18.4. The average Bonchev–Trinajstić information content (AvgIpc) is 2.98. The van der Waals surface area contributed by atoms with Gasteiger partial charge in [0, 0.05) is 32.2 Å². The molecule has 1 aliphatic rings. The van der Waals surface area contributed by atoms with Gasteiger partial charge in [-0.25, -0.2) is 8.42 Å². The maximum Gasteiger partial charge on any atom is 0.232 e. The molecule has 0 aromatic heterocycles. The molecule has 0 bridgehead atoms. The molecule has 2 rings (SSSR count). The summed E-state index contributed by atoms with van der Waals surface area (Å²) in [4.78, 5) is 11.9. The average molecular weight is 372 g/mol. The fourth-order valence-electron chi connectivity index (χ4n) is 2.55. The number of nitrogens with one attached hydrogen (secondary N) is 1. The van der Waals surface area contributed by atoms with Gasteiger partial charge < -0.3 is 19.5 Å². The Hall–Kier alpha value is -2.00. The van der Waals surface area contributed by atoms with E-state index in [1.54, 1.807) is 25.3 Å². The van der Waals surface area contributed by atoms with E-state index < -0.39 is 10.0 Å². The van der Waals surface area contributed by atoms with Gasteiger partial charge in [0.2, 0.25) is 22.7 Å². The summed E-state index contributed by atoms with van der Waals surface area (Å²) in [5, 5.41) is 2.80. The second kappa shape index (κ2) is 8.39. The third-order valence-corrected chi connectivity index (χ3v) is 4.83. The van der Waals surface area contributed by atoms with Crippen molar-refractivity contribution in [1.82, 2.24) is 5.32 Å². The number of carbonyl (C=O) groups excluding carboxylic acids is 1. The number of nitrogens with zero attached hydrogens (tertiary/aromatic N) is 1. The first-order valence-electron chi connectivity index (χ1n) is 7.97. The predicted octanol–water partition coefficient (Wildman–Crippen LogP) is 1.11. The molecule has 25 heavy (non-hydrogen) atoms. The Labute approximate surface area is 148 Å². The SMILES string of the molecule is COC[C@H](C)NC(=O)CCCN(c1ccc2c(c1)OCO2)S(C)(=O)=O. The van der Waals surface area contributed by atoms with E-state index in [0.29, 0.717) is 30.2 Å². The fraction of sp³-hybridized carbons (Fsp3) is 0.562. The summed E-state index contributed by atoms with van der Waals surface area (Å²) in [6.45, 7) is 2.59. The standard InChI is InChI=1S/C16H24N2O6S/c1-12(10-22-2)17-16(19)5-4-8-18(25(3,20)21)13-6-7-14-15(9-13)24-11-23-14/h6-7,9,12H,4-5,8,10-11H2,1-3H3,(H,17,19)/t12-/m0/s1. The van der Waals surface area contributed by atoms with Crippen LogP contribution in [0.3, 0.4) is 0 Å². The largest absolute Gasteiger partial charge is 0.454 e. The number of fused-ring (bicyclic) bond motifs is 1. The molecule has 8 nitrogen and oxygen atoms in total. The molecule has 1 aliphatic heterocycles. The van der Waals surface area contributed by atoms with Gasteiger partial charge in [0.1, 0.15) is 0 Å². The van der Waals surface area contributed by atoms with Crippen LogP contribution in [0.25, 0.3) is 0 Å². The van der Waals surface area contributed by atoms with Crippen LogP contribution in [0.1, 0.15) is 19.8 Å². The number of hydrogen-bond donors (Lipinski definition) is 1. The lowest BCUT2D eigenvalue weighted by atomic mass is 10.2. The van der Waals surface area contributed by atoms with Crippen LogP contribution in [-0.4, -0.2) is 53.7 Å². The molecule has 0 radical (unpaired) electrons. The number of benzene rings is 1. The van der Waals surface area contributed by atoms with E-state index >= 15 is 0 Å². The summed E-state index contributed by atoms with van der Waals surface area (Å²) in [7, 11) is -1.91. The number of hydrogen-bond acceptors (Lipinski definition) is 6. The van der Waals surface area contributed by atoms with Gasteiger partial charge in [-0.3, -0.25) is 9.10 Å². The van der Waals surface area contributed by atoms with Crippen LogP contribution in [0.5, 0.6) is 11.5 Å². The van der Waals surface area contributed by atoms with Crippen LogP contribution in [-0.2, 0) is 19.6 Å². The van der Waals surface area contributed by atoms with Gasteiger partial charge in [-0.05, 0) is 25.5 Å². The summed E-state index contributed by atoms with van der Waals surface area (Å²) in [6.07, 6.45) is 1.76. The third kappa shape index (κ3) is 5.50. The normalized spacial score (nSPS) is 14.2. The van der Waals surface area contributed by atoms with Gasteiger partial charge in [-0.2, -0.15) is 0 Å². The topological polar surface area (TPSA) is 94.2 Å². The van der Waals surface area contributed by atoms with Crippen molar-refractivity contribution >= 4 is 21.6 Å². The molecular weight excluding hydrogens is 348 g/mol. The van der Waals surface area contributed by atoms with E-state index in [2.05, 4.69) is 5.32 Å². The highest BCUT2D eigenvalue weighted by atomic mass is 32.2. The van der Waals surface area contributed by atoms with Gasteiger partial charge in [0.15, 0.2) is 11.5 Å². The van der Waals surface area contributed by atoms with E-state index in [-0.39, 0.29) is 31.7 Å². The molecule has 1 aromatic rings. The summed E-state index contributed by atoms with van der Waals surface area (Å²) in [5.41, 5.74) is 0.486. The molecule has 1 heterocycles. The zero-order valence-corrected chi connectivity index (χ0v) is 15.5. The number of ether oxygens (including phenoxy) is 3. The van der Waals surface area contributed by atoms with E-state index in [4.69, 9.17) is 14.2 Å². The zero-order valence-electron chi connectivity index (χ0n) is 14.6. The van der Waals surface area contributed by atoms with Crippen LogP contribution in [0, 0.1) is 0 Å². The van der Waals surface area contributed by atoms with E-state index in [1.165, 1.54) is 4.31 Å². The quantitative estimate of drug-likeness (QED) is 0.698. The molecule has 1 atom stereocenters. The lowest BCUT2D eigenvalue weighted by Crippen LogP contribution is -2.36. The Balaban J connectivity index is 1.97. The number of rotatable bonds is 9. The maximum absolute atomic E-state index is 12.1. The first-order chi connectivity index (χ1) is 11.8. The van der Waals surface area contributed by atoms with Crippen molar-refractivity contribution in [3.63, 3.8) is 0 Å². The minimum absolute atomic E-state index is 0.0858. The third-order valence-electron chi connectivity index (χ3n) is 3.63. The summed E-state index contributed by atoms with van der Waals surface area (Å²) in [6, 6.07) is 4.88. The Morgan fingerprint density at radius 1 is 1.36 bits per heavy atom. The number of sulfonamides is 1. The van der Waals surface area contributed by atoms with Gasteiger partial charge >= 0.3 is 0 Å². The van der Waals surface area contributed by atoms with Crippen LogP contribution >= 0.6 is 0 Å². The highest BCUT2D eigenvalue weighted by Gasteiger charge is 2.21. The molecule has 140 valence electrons. The molecule has 1 N–H and O–H groups in total. The van der Waals surface area contributed by atoms with Crippen molar-refractivity contribution in [2.24, 2.45) is 0 Å². The van der Waals surface area contributed by atoms with Gasteiger partial charge in [0.25, 0.3) is 0 Å². The fourth-order valence-corrected chi connectivity index (χ4v) is 3.51. The van der Waals surface area contributed by atoms with Crippen LogP contribution < -0.4 is 19.1 Å². The van der Waals surface area contributed by atoms with Crippen LogP contribution in [0.4, 0.5) is 5.69 Å². The second-order valence-electron chi connectivity index (χ2n) is 5.90. The Morgan fingerprint density at radius 3 is 2.76 bits per heavy atom. The van der Waals surface area contributed by atoms with Crippen molar-refractivity contribution in [1.29, 1.82) is 0 Å². The number of anilines is 1. The molecular formula is C16H24N2O6S.